The molecule has 0 spiro atoms. The smallest absolute Gasteiger partial charge is 0.216 e. The van der Waals surface area contributed by atoms with Crippen molar-refractivity contribution in [2.24, 2.45) is 0 Å². The Bertz CT molecular complexity index is 739. The van der Waals surface area contributed by atoms with Gasteiger partial charge in [-0.1, -0.05) is 24.3 Å². The molecule has 0 radical (unpaired) electrons. The predicted molar refractivity (Wildman–Crippen MR) is 94.7 cm³/mol. The molecule has 0 aliphatic carbocycles. The minimum atomic E-state index is -3.32. The second-order valence-electron chi connectivity index (χ2n) is 5.75. The highest BCUT2D eigenvalue weighted by atomic mass is 32.2. The summed E-state index contributed by atoms with van der Waals surface area (Å²) in [5, 5.41) is 4.40. The lowest BCUT2D eigenvalue weighted by Crippen LogP contribution is -2.31. The van der Waals surface area contributed by atoms with Gasteiger partial charge in [0.05, 0.1) is 10.8 Å². The molecule has 0 aliphatic rings. The molecular weight excluding hydrogens is 330 g/mol. The second kappa shape index (κ2) is 8.01. The van der Waals surface area contributed by atoms with E-state index in [-0.39, 0.29) is 11.8 Å². The lowest BCUT2D eigenvalue weighted by Gasteiger charge is -2.13. The fourth-order valence-corrected chi connectivity index (χ4v) is 4.54. The van der Waals surface area contributed by atoms with Crippen molar-refractivity contribution in [2.75, 3.05) is 0 Å². The van der Waals surface area contributed by atoms with Gasteiger partial charge < -0.3 is 5.32 Å². The SMILES string of the molecule is Cc1ncc(CNCc2ccccc2CS(=O)(=O)NC(C)C)s1. The molecule has 2 rings (SSSR count). The van der Waals surface area contributed by atoms with Gasteiger partial charge in [-0.3, -0.25) is 0 Å². The number of nitrogens with one attached hydrogen (secondary N) is 2. The van der Waals surface area contributed by atoms with Crippen LogP contribution in [0.15, 0.2) is 30.5 Å². The van der Waals surface area contributed by atoms with Crippen molar-refractivity contribution in [3.8, 4) is 0 Å². The van der Waals surface area contributed by atoms with Crippen LogP contribution in [0.5, 0.6) is 0 Å². The van der Waals surface area contributed by atoms with Crippen molar-refractivity contribution in [3.63, 3.8) is 0 Å². The maximum absolute atomic E-state index is 12.1. The molecule has 0 fully saturated rings. The Hall–Kier alpha value is -1.28. The van der Waals surface area contributed by atoms with Gasteiger partial charge in [0, 0.05) is 30.2 Å². The molecule has 0 atom stereocenters. The Balaban J connectivity index is 1.99. The van der Waals surface area contributed by atoms with Crippen LogP contribution in [0.2, 0.25) is 0 Å². The molecular formula is C16H23N3O2S2. The molecule has 23 heavy (non-hydrogen) atoms. The summed E-state index contributed by atoms with van der Waals surface area (Å²) in [6.45, 7) is 6.99. The number of sulfonamides is 1. The van der Waals surface area contributed by atoms with Gasteiger partial charge in [-0.2, -0.15) is 0 Å². The molecule has 0 aliphatic heterocycles. The lowest BCUT2D eigenvalue weighted by atomic mass is 10.1. The molecule has 5 nitrogen and oxygen atoms in total. The molecule has 1 aromatic heterocycles. The van der Waals surface area contributed by atoms with Gasteiger partial charge >= 0.3 is 0 Å². The summed E-state index contributed by atoms with van der Waals surface area (Å²) < 4.78 is 26.9. The van der Waals surface area contributed by atoms with E-state index >= 15 is 0 Å². The highest BCUT2D eigenvalue weighted by molar-refractivity contribution is 7.88. The average Bonchev–Trinajstić information content (AvgIpc) is 2.84. The summed E-state index contributed by atoms with van der Waals surface area (Å²) >= 11 is 1.66. The van der Waals surface area contributed by atoms with Crippen molar-refractivity contribution in [3.05, 3.63) is 51.5 Å². The third kappa shape index (κ3) is 6.02. The maximum Gasteiger partial charge on any atom is 0.216 e. The number of hydrogen-bond acceptors (Lipinski definition) is 5. The zero-order valence-electron chi connectivity index (χ0n) is 13.7. The van der Waals surface area contributed by atoms with E-state index in [1.807, 2.05) is 51.2 Å². The van der Waals surface area contributed by atoms with Crippen LogP contribution < -0.4 is 10.0 Å². The second-order valence-corrected chi connectivity index (χ2v) is 8.82. The minimum absolute atomic E-state index is 0.00268. The van der Waals surface area contributed by atoms with E-state index in [1.54, 1.807) is 11.3 Å². The number of thiazole rings is 1. The van der Waals surface area contributed by atoms with Gasteiger partial charge in [0.25, 0.3) is 0 Å². The summed E-state index contributed by atoms with van der Waals surface area (Å²) in [5.74, 6) is 0.00268. The molecule has 1 aromatic carbocycles. The molecule has 1 heterocycles. The van der Waals surface area contributed by atoms with Crippen LogP contribution in [-0.4, -0.2) is 19.4 Å². The summed E-state index contributed by atoms with van der Waals surface area (Å²) in [4.78, 5) is 5.40. The van der Waals surface area contributed by atoms with Gasteiger partial charge in [-0.15, -0.1) is 11.3 Å². The third-order valence-corrected chi connectivity index (χ3v) is 5.60. The number of rotatable bonds is 8. The first-order valence-electron chi connectivity index (χ1n) is 7.54. The van der Waals surface area contributed by atoms with E-state index in [0.29, 0.717) is 6.54 Å². The van der Waals surface area contributed by atoms with E-state index in [9.17, 15) is 8.42 Å². The molecule has 0 bridgehead atoms. The standard InChI is InChI=1S/C16H23N3O2S2/c1-12(2)19-23(20,21)11-15-7-5-4-6-14(15)8-17-9-16-10-18-13(3)22-16/h4-7,10,12,17,19H,8-9,11H2,1-3H3. The largest absolute Gasteiger partial charge is 0.308 e. The number of benzene rings is 1. The van der Waals surface area contributed by atoms with Crippen LogP contribution in [0.25, 0.3) is 0 Å². The average molecular weight is 354 g/mol. The number of aryl methyl sites for hydroxylation is 1. The summed E-state index contributed by atoms with van der Waals surface area (Å²) in [6.07, 6.45) is 1.87. The number of nitrogens with zero attached hydrogens (tertiary/aromatic N) is 1. The summed E-state index contributed by atoms with van der Waals surface area (Å²) in [5.41, 5.74) is 1.83. The van der Waals surface area contributed by atoms with Gasteiger partial charge in [-0.05, 0) is 31.9 Å². The van der Waals surface area contributed by atoms with Crippen LogP contribution in [0.4, 0.5) is 0 Å². The Morgan fingerprint density at radius 2 is 1.87 bits per heavy atom. The zero-order valence-corrected chi connectivity index (χ0v) is 15.3. The van der Waals surface area contributed by atoms with Gasteiger partial charge in [0.1, 0.15) is 0 Å². The van der Waals surface area contributed by atoms with Gasteiger partial charge in [0.2, 0.25) is 10.0 Å². The van der Waals surface area contributed by atoms with E-state index in [4.69, 9.17) is 0 Å². The highest BCUT2D eigenvalue weighted by Gasteiger charge is 2.15. The third-order valence-electron chi connectivity index (χ3n) is 3.16. The normalized spacial score (nSPS) is 12.0. The van der Waals surface area contributed by atoms with Crippen molar-refractivity contribution < 1.29 is 8.42 Å². The van der Waals surface area contributed by atoms with E-state index in [0.717, 1.165) is 22.7 Å². The topological polar surface area (TPSA) is 71.1 Å². The zero-order chi connectivity index (χ0) is 16.9. The molecule has 0 saturated heterocycles. The lowest BCUT2D eigenvalue weighted by molar-refractivity contribution is 0.568. The summed E-state index contributed by atoms with van der Waals surface area (Å²) in [6, 6.07) is 7.54. The molecule has 0 unspecified atom stereocenters. The van der Waals surface area contributed by atoms with Crippen LogP contribution in [0.3, 0.4) is 0 Å². The highest BCUT2D eigenvalue weighted by Crippen LogP contribution is 2.14. The van der Waals surface area contributed by atoms with Gasteiger partial charge in [-0.25, -0.2) is 18.1 Å². The number of aromatic nitrogens is 1. The van der Waals surface area contributed by atoms with Crippen LogP contribution in [-0.2, 0) is 28.9 Å². The monoisotopic (exact) mass is 353 g/mol. The van der Waals surface area contributed by atoms with Crippen molar-refractivity contribution >= 4 is 21.4 Å². The predicted octanol–water partition coefficient (Wildman–Crippen LogP) is 2.57. The Labute approximate surface area is 142 Å². The molecule has 7 heteroatoms. The van der Waals surface area contributed by atoms with E-state index < -0.39 is 10.0 Å². The Morgan fingerprint density at radius 3 is 2.48 bits per heavy atom. The van der Waals surface area contributed by atoms with Crippen molar-refractivity contribution in [1.29, 1.82) is 0 Å². The molecule has 0 saturated carbocycles. The summed E-state index contributed by atoms with van der Waals surface area (Å²) in [7, 11) is -3.32. The molecule has 2 aromatic rings. The van der Waals surface area contributed by atoms with Crippen molar-refractivity contribution in [1.82, 2.24) is 15.0 Å². The fraction of sp³-hybridized carbons (Fsp3) is 0.438. The van der Waals surface area contributed by atoms with Crippen LogP contribution in [0, 0.1) is 6.92 Å². The molecule has 0 amide bonds. The van der Waals surface area contributed by atoms with Crippen molar-refractivity contribution in [2.45, 2.75) is 45.7 Å². The first kappa shape index (κ1) is 18.1. The number of hydrogen-bond donors (Lipinski definition) is 2. The van der Waals surface area contributed by atoms with Gasteiger partial charge in [0.15, 0.2) is 0 Å². The molecule has 126 valence electrons. The Morgan fingerprint density at radius 1 is 1.17 bits per heavy atom. The minimum Gasteiger partial charge on any atom is -0.308 e. The fourth-order valence-electron chi connectivity index (χ4n) is 2.28. The van der Waals surface area contributed by atoms with Crippen LogP contribution >= 0.6 is 11.3 Å². The quantitative estimate of drug-likeness (QED) is 0.765. The first-order valence-corrected chi connectivity index (χ1v) is 10.0. The van der Waals surface area contributed by atoms with Crippen LogP contribution in [0.1, 0.15) is 34.9 Å². The first-order chi connectivity index (χ1) is 10.9. The molecule has 2 N–H and O–H groups in total. The van der Waals surface area contributed by atoms with E-state index in [1.165, 1.54) is 4.88 Å². The Kier molecular flexibility index (Phi) is 6.29. The van der Waals surface area contributed by atoms with E-state index in [2.05, 4.69) is 15.0 Å². The maximum atomic E-state index is 12.1.